The topological polar surface area (TPSA) is 85.1 Å². The minimum Gasteiger partial charge on any atom is -0.326 e. The quantitative estimate of drug-likeness (QED) is 0.851. The summed E-state index contributed by atoms with van der Waals surface area (Å²) in [4.78, 5) is 3.37. The van der Waals surface area contributed by atoms with Crippen molar-refractivity contribution in [3.05, 3.63) is 24.3 Å². The minimum absolute atomic E-state index is 0.166. The second kappa shape index (κ2) is 5.29. The smallest absolute Gasteiger partial charge is 0.242 e. The second-order valence-corrected chi connectivity index (χ2v) is 6.23. The molecule has 0 bridgehead atoms. The van der Waals surface area contributed by atoms with Crippen LogP contribution >= 0.6 is 0 Å². The van der Waals surface area contributed by atoms with Crippen molar-refractivity contribution in [2.24, 2.45) is 5.73 Å². The minimum atomic E-state index is -3.75. The Labute approximate surface area is 106 Å². The van der Waals surface area contributed by atoms with Gasteiger partial charge in [-0.25, -0.2) is 17.5 Å². The molecule has 7 heteroatoms. The van der Waals surface area contributed by atoms with E-state index in [1.165, 1.54) is 0 Å². The number of hydrogen-bond donors (Lipinski definition) is 2. The normalized spacial score (nSPS) is 25.0. The third kappa shape index (κ3) is 3.04. The van der Waals surface area contributed by atoms with E-state index in [1.807, 2.05) is 0 Å². The first kappa shape index (κ1) is 13.4. The lowest BCUT2D eigenvalue weighted by Gasteiger charge is -2.28. The molecule has 1 fully saturated rings. The van der Waals surface area contributed by atoms with Gasteiger partial charge in [0.25, 0.3) is 0 Å². The Morgan fingerprint density at radius 2 is 2.06 bits per heavy atom. The summed E-state index contributed by atoms with van der Waals surface area (Å²) in [5.41, 5.74) is 5.88. The molecule has 0 aromatic carbocycles. The predicted octanol–water partition coefficient (Wildman–Crippen LogP) is 0.769. The fourth-order valence-corrected chi connectivity index (χ4v) is 3.41. The molecule has 0 saturated heterocycles. The average Bonchev–Trinajstić information content (AvgIpc) is 2.32. The number of nitrogens with one attached hydrogen (secondary N) is 1. The van der Waals surface area contributed by atoms with E-state index in [1.54, 1.807) is 0 Å². The molecule has 18 heavy (non-hydrogen) atoms. The number of halogens is 1. The highest BCUT2D eigenvalue weighted by atomic mass is 32.2. The summed E-state index contributed by atoms with van der Waals surface area (Å²) in [6.45, 7) is 0. The van der Waals surface area contributed by atoms with Gasteiger partial charge in [0.2, 0.25) is 10.0 Å². The number of nitrogens with two attached hydrogens (primary N) is 1. The van der Waals surface area contributed by atoms with Gasteiger partial charge in [0, 0.05) is 18.3 Å². The molecule has 2 atom stereocenters. The molecule has 1 aliphatic rings. The van der Waals surface area contributed by atoms with Gasteiger partial charge < -0.3 is 5.73 Å². The maximum absolute atomic E-state index is 13.0. The zero-order valence-corrected chi connectivity index (χ0v) is 10.7. The molecular weight excluding hydrogens is 257 g/mol. The van der Waals surface area contributed by atoms with Gasteiger partial charge in [-0.3, -0.25) is 4.98 Å². The maximum Gasteiger partial charge on any atom is 0.242 e. The summed E-state index contributed by atoms with van der Waals surface area (Å²) in [7, 11) is -3.75. The van der Waals surface area contributed by atoms with Crippen LogP contribution in [0.2, 0.25) is 0 Å². The van der Waals surface area contributed by atoms with E-state index in [4.69, 9.17) is 5.73 Å². The number of rotatable bonds is 3. The molecule has 1 aromatic rings. The van der Waals surface area contributed by atoms with Gasteiger partial charge in [0.05, 0.1) is 6.20 Å². The molecule has 0 radical (unpaired) electrons. The van der Waals surface area contributed by atoms with Crippen molar-refractivity contribution in [3.63, 3.8) is 0 Å². The molecule has 1 aliphatic carbocycles. The molecular formula is C11H16FN3O2S. The highest BCUT2D eigenvalue weighted by Crippen LogP contribution is 2.19. The first-order chi connectivity index (χ1) is 8.49. The Morgan fingerprint density at radius 3 is 2.72 bits per heavy atom. The van der Waals surface area contributed by atoms with Crippen molar-refractivity contribution in [2.75, 3.05) is 0 Å². The summed E-state index contributed by atoms with van der Waals surface area (Å²) in [5, 5.41) is 0. The standard InChI is InChI=1S/C11H16FN3O2S/c12-8-5-9(7-14-6-8)18(16,17)15-11-4-2-1-3-10(11)13/h5-7,10-11,15H,1-4,13H2/t10-,11-/m1/s1. The summed E-state index contributed by atoms with van der Waals surface area (Å²) in [5.74, 6) is -0.675. The molecule has 2 rings (SSSR count). The molecule has 5 nitrogen and oxygen atoms in total. The monoisotopic (exact) mass is 273 g/mol. The molecule has 3 N–H and O–H groups in total. The van der Waals surface area contributed by atoms with Gasteiger partial charge in [-0.1, -0.05) is 12.8 Å². The lowest BCUT2D eigenvalue weighted by atomic mass is 9.92. The Bertz CT molecular complexity index is 521. The van der Waals surface area contributed by atoms with Crippen molar-refractivity contribution in [3.8, 4) is 0 Å². The van der Waals surface area contributed by atoms with Crippen LogP contribution in [0.1, 0.15) is 25.7 Å². The van der Waals surface area contributed by atoms with Crippen molar-refractivity contribution < 1.29 is 12.8 Å². The molecule has 0 spiro atoms. The molecule has 1 saturated carbocycles. The van der Waals surface area contributed by atoms with Gasteiger partial charge in [0.1, 0.15) is 10.7 Å². The molecule has 1 heterocycles. The SMILES string of the molecule is N[C@@H]1CCCC[C@H]1NS(=O)(=O)c1cncc(F)c1. The van der Waals surface area contributed by atoms with Crippen LogP contribution in [0.4, 0.5) is 4.39 Å². The van der Waals surface area contributed by atoms with Crippen LogP contribution in [0.15, 0.2) is 23.4 Å². The number of pyridine rings is 1. The zero-order chi connectivity index (χ0) is 13.2. The van der Waals surface area contributed by atoms with Crippen LogP contribution < -0.4 is 10.5 Å². The second-order valence-electron chi connectivity index (χ2n) is 4.51. The van der Waals surface area contributed by atoms with Crippen LogP contribution in [0.5, 0.6) is 0 Å². The summed E-state index contributed by atoms with van der Waals surface area (Å²) in [6.07, 6.45) is 5.56. The Morgan fingerprint density at radius 1 is 1.33 bits per heavy atom. The molecule has 1 aromatic heterocycles. The molecule has 0 unspecified atom stereocenters. The fraction of sp³-hybridized carbons (Fsp3) is 0.545. The van der Waals surface area contributed by atoms with E-state index in [0.29, 0.717) is 6.42 Å². The zero-order valence-electron chi connectivity index (χ0n) is 9.84. The van der Waals surface area contributed by atoms with E-state index in [2.05, 4.69) is 9.71 Å². The third-order valence-corrected chi connectivity index (χ3v) is 4.57. The van der Waals surface area contributed by atoms with E-state index in [9.17, 15) is 12.8 Å². The van der Waals surface area contributed by atoms with E-state index in [0.717, 1.165) is 37.7 Å². The summed E-state index contributed by atoms with van der Waals surface area (Å²) < 4.78 is 39.6. The number of aromatic nitrogens is 1. The van der Waals surface area contributed by atoms with Crippen LogP contribution in [-0.2, 0) is 10.0 Å². The van der Waals surface area contributed by atoms with Crippen molar-refractivity contribution in [2.45, 2.75) is 42.7 Å². The van der Waals surface area contributed by atoms with Crippen molar-refractivity contribution in [1.29, 1.82) is 0 Å². The molecule has 100 valence electrons. The van der Waals surface area contributed by atoms with Gasteiger partial charge in [0.15, 0.2) is 0 Å². The van der Waals surface area contributed by atoms with Crippen LogP contribution in [-0.4, -0.2) is 25.5 Å². The van der Waals surface area contributed by atoms with Gasteiger partial charge in [-0.15, -0.1) is 0 Å². The van der Waals surface area contributed by atoms with Crippen molar-refractivity contribution in [1.82, 2.24) is 9.71 Å². The Kier molecular flexibility index (Phi) is 3.94. The van der Waals surface area contributed by atoms with E-state index < -0.39 is 15.8 Å². The lowest BCUT2D eigenvalue weighted by molar-refractivity contribution is 0.361. The predicted molar refractivity (Wildman–Crippen MR) is 64.7 cm³/mol. The van der Waals surface area contributed by atoms with Crippen LogP contribution in [0, 0.1) is 5.82 Å². The number of nitrogens with zero attached hydrogens (tertiary/aromatic N) is 1. The van der Waals surface area contributed by atoms with Gasteiger partial charge in [-0.05, 0) is 18.9 Å². The molecule has 0 amide bonds. The third-order valence-electron chi connectivity index (χ3n) is 3.12. The van der Waals surface area contributed by atoms with Crippen molar-refractivity contribution >= 4 is 10.0 Å². The molecule has 0 aliphatic heterocycles. The van der Waals surface area contributed by atoms with Gasteiger partial charge in [-0.2, -0.15) is 0 Å². The maximum atomic E-state index is 13.0. The first-order valence-electron chi connectivity index (χ1n) is 5.87. The first-order valence-corrected chi connectivity index (χ1v) is 7.36. The summed E-state index contributed by atoms with van der Waals surface area (Å²) in [6, 6.07) is 0.478. The lowest BCUT2D eigenvalue weighted by Crippen LogP contribution is -2.49. The highest BCUT2D eigenvalue weighted by molar-refractivity contribution is 7.89. The summed E-state index contributed by atoms with van der Waals surface area (Å²) >= 11 is 0. The fourth-order valence-electron chi connectivity index (χ4n) is 2.11. The van der Waals surface area contributed by atoms with Crippen LogP contribution in [0.3, 0.4) is 0 Å². The largest absolute Gasteiger partial charge is 0.326 e. The Hall–Kier alpha value is -1.05. The van der Waals surface area contributed by atoms with Gasteiger partial charge >= 0.3 is 0 Å². The number of sulfonamides is 1. The van der Waals surface area contributed by atoms with Crippen LogP contribution in [0.25, 0.3) is 0 Å². The Balaban J connectivity index is 2.16. The highest BCUT2D eigenvalue weighted by Gasteiger charge is 2.27. The number of hydrogen-bond acceptors (Lipinski definition) is 4. The average molecular weight is 273 g/mol. The van der Waals surface area contributed by atoms with E-state index in [-0.39, 0.29) is 17.0 Å². The van der Waals surface area contributed by atoms with E-state index >= 15 is 0 Å².